The Labute approximate surface area is 184 Å². The predicted octanol–water partition coefficient (Wildman–Crippen LogP) is 1.64. The van der Waals surface area contributed by atoms with Crippen molar-refractivity contribution >= 4 is 17.9 Å². The van der Waals surface area contributed by atoms with Gasteiger partial charge in [0.25, 0.3) is 5.91 Å². The quantitative estimate of drug-likeness (QED) is 0.503. The zero-order chi connectivity index (χ0) is 22.5. The van der Waals surface area contributed by atoms with Crippen molar-refractivity contribution in [1.29, 1.82) is 5.26 Å². The molecule has 0 bridgehead atoms. The van der Waals surface area contributed by atoms with Gasteiger partial charge in [0.05, 0.1) is 19.2 Å². The summed E-state index contributed by atoms with van der Waals surface area (Å²) in [4.78, 5) is 28.7. The lowest BCUT2D eigenvalue weighted by molar-refractivity contribution is -0.129. The van der Waals surface area contributed by atoms with Crippen molar-refractivity contribution in [3.05, 3.63) is 28.6 Å². The summed E-state index contributed by atoms with van der Waals surface area (Å²) >= 11 is 0. The first kappa shape index (κ1) is 23.0. The number of rotatable bonds is 8. The number of ether oxygens (including phenoxy) is 1. The van der Waals surface area contributed by atoms with E-state index in [0.717, 1.165) is 29.8 Å². The highest BCUT2D eigenvalue weighted by Crippen LogP contribution is 2.23. The van der Waals surface area contributed by atoms with E-state index >= 15 is 0 Å². The van der Waals surface area contributed by atoms with Crippen LogP contribution in [0.5, 0.6) is 0 Å². The molecule has 0 spiro atoms. The summed E-state index contributed by atoms with van der Waals surface area (Å²) in [7, 11) is 1.68. The third kappa shape index (κ3) is 5.75. The van der Waals surface area contributed by atoms with E-state index < -0.39 is 0 Å². The van der Waals surface area contributed by atoms with Crippen LogP contribution in [0.25, 0.3) is 6.08 Å². The van der Waals surface area contributed by atoms with Gasteiger partial charge >= 0.3 is 0 Å². The van der Waals surface area contributed by atoms with Gasteiger partial charge in [-0.3, -0.25) is 14.5 Å². The van der Waals surface area contributed by atoms with E-state index in [1.807, 2.05) is 19.9 Å². The molecule has 31 heavy (non-hydrogen) atoms. The lowest BCUT2D eigenvalue weighted by Crippen LogP contribution is -2.51. The van der Waals surface area contributed by atoms with Crippen LogP contribution in [0.3, 0.4) is 0 Å². The molecule has 1 atom stereocenters. The lowest BCUT2D eigenvalue weighted by atomic mass is 10.1. The molecular weight excluding hydrogens is 394 g/mol. The summed E-state index contributed by atoms with van der Waals surface area (Å²) in [5.41, 5.74) is 3.09. The number of methoxy groups -OCH3 is 1. The fourth-order valence-electron chi connectivity index (χ4n) is 4.22. The molecule has 8 nitrogen and oxygen atoms in total. The van der Waals surface area contributed by atoms with Crippen molar-refractivity contribution < 1.29 is 14.3 Å². The molecule has 2 fully saturated rings. The molecule has 0 radical (unpaired) electrons. The number of carbonyl (C=O) groups excluding carboxylic acids is 2. The summed E-state index contributed by atoms with van der Waals surface area (Å²) in [6, 6.07) is 4.62. The molecule has 2 heterocycles. The fourth-order valence-corrected chi connectivity index (χ4v) is 4.22. The molecule has 2 amide bonds. The number of aryl methyl sites for hydroxylation is 1. The van der Waals surface area contributed by atoms with Crippen molar-refractivity contribution in [2.75, 3.05) is 46.4 Å². The minimum atomic E-state index is -0.251. The highest BCUT2D eigenvalue weighted by atomic mass is 16.5. The van der Waals surface area contributed by atoms with Crippen molar-refractivity contribution in [2.24, 2.45) is 0 Å². The molecule has 1 aromatic rings. The van der Waals surface area contributed by atoms with E-state index in [2.05, 4.69) is 27.8 Å². The van der Waals surface area contributed by atoms with Crippen molar-refractivity contribution in [3.8, 4) is 6.07 Å². The van der Waals surface area contributed by atoms with Gasteiger partial charge < -0.3 is 19.5 Å². The maximum absolute atomic E-state index is 13.0. The predicted molar refractivity (Wildman–Crippen MR) is 118 cm³/mol. The van der Waals surface area contributed by atoms with Gasteiger partial charge in [-0.15, -0.1) is 0 Å². The maximum Gasteiger partial charge on any atom is 0.264 e. The summed E-state index contributed by atoms with van der Waals surface area (Å²) in [5.74, 6) is -0.197. The molecule has 1 aromatic heterocycles. The molecule has 1 unspecified atom stereocenters. The summed E-state index contributed by atoms with van der Waals surface area (Å²) in [5, 5.41) is 12.6. The highest BCUT2D eigenvalue weighted by molar-refractivity contribution is 6.01. The van der Waals surface area contributed by atoms with Gasteiger partial charge in [-0.25, -0.2) is 0 Å². The van der Waals surface area contributed by atoms with Gasteiger partial charge in [-0.1, -0.05) is 0 Å². The number of hydrogen-bond donors (Lipinski definition) is 1. The number of piperazine rings is 1. The number of nitrogens with zero attached hydrogens (tertiary/aromatic N) is 4. The van der Waals surface area contributed by atoms with Crippen molar-refractivity contribution in [3.63, 3.8) is 0 Å². The Kier molecular flexibility index (Phi) is 7.52. The van der Waals surface area contributed by atoms with E-state index in [9.17, 15) is 14.9 Å². The fraction of sp³-hybridized carbons (Fsp3) is 0.609. The van der Waals surface area contributed by atoms with Crippen LogP contribution in [-0.4, -0.2) is 78.7 Å². The molecule has 2 aliphatic rings. The largest absolute Gasteiger partial charge is 0.383 e. The number of nitriles is 1. The first-order valence-electron chi connectivity index (χ1n) is 10.9. The standard InChI is InChI=1S/C23H33N5O3/c1-16-11-19(18(3)28(16)17(2)15-31-4)12-20(13-24)23(30)27-9-7-26(8-10-27)14-22(29)25-21-5-6-21/h11-12,17,21H,5-10,14-15H2,1-4H3,(H,25,29)/b20-12+. The van der Waals surface area contributed by atoms with Gasteiger partial charge in [-0.2, -0.15) is 5.26 Å². The second-order valence-corrected chi connectivity index (χ2v) is 8.58. The molecule has 1 saturated heterocycles. The monoisotopic (exact) mass is 427 g/mol. The number of hydrogen-bond acceptors (Lipinski definition) is 5. The van der Waals surface area contributed by atoms with Gasteiger partial charge in [0, 0.05) is 50.7 Å². The lowest BCUT2D eigenvalue weighted by Gasteiger charge is -2.34. The van der Waals surface area contributed by atoms with Gasteiger partial charge in [0.1, 0.15) is 11.6 Å². The molecular formula is C23H33N5O3. The summed E-state index contributed by atoms with van der Waals surface area (Å²) in [6.45, 7) is 9.34. The number of amides is 2. The summed E-state index contributed by atoms with van der Waals surface area (Å²) in [6.07, 6.45) is 3.84. The molecule has 1 N–H and O–H groups in total. The Balaban J connectivity index is 1.63. The zero-order valence-electron chi connectivity index (χ0n) is 19.0. The maximum atomic E-state index is 13.0. The van der Waals surface area contributed by atoms with Crippen molar-refractivity contribution in [2.45, 2.75) is 45.7 Å². The molecule has 8 heteroatoms. The van der Waals surface area contributed by atoms with Crippen LogP contribution in [0.1, 0.15) is 42.8 Å². The first-order chi connectivity index (χ1) is 14.8. The summed E-state index contributed by atoms with van der Waals surface area (Å²) < 4.78 is 7.44. The van der Waals surface area contributed by atoms with Crippen LogP contribution in [0.15, 0.2) is 11.6 Å². The van der Waals surface area contributed by atoms with E-state index in [0.29, 0.717) is 45.4 Å². The first-order valence-corrected chi connectivity index (χ1v) is 10.9. The Bertz CT molecular complexity index is 886. The SMILES string of the molecule is COCC(C)n1c(C)cc(/C=C(\C#N)C(=O)N2CCN(CC(=O)NC3CC3)CC2)c1C. The van der Waals surface area contributed by atoms with E-state index in [1.165, 1.54) is 0 Å². The Morgan fingerprint density at radius 2 is 1.97 bits per heavy atom. The Hall–Kier alpha value is -2.63. The van der Waals surface area contributed by atoms with E-state index in [1.54, 1.807) is 18.1 Å². The van der Waals surface area contributed by atoms with Crippen LogP contribution < -0.4 is 5.32 Å². The van der Waals surface area contributed by atoms with Crippen LogP contribution in [-0.2, 0) is 14.3 Å². The minimum Gasteiger partial charge on any atom is -0.383 e. The number of nitrogens with one attached hydrogen (secondary N) is 1. The Morgan fingerprint density at radius 3 is 2.55 bits per heavy atom. The molecule has 1 aliphatic carbocycles. The normalized spacial score (nSPS) is 18.5. The molecule has 1 saturated carbocycles. The second-order valence-electron chi connectivity index (χ2n) is 8.58. The third-order valence-corrected chi connectivity index (χ3v) is 5.99. The van der Waals surface area contributed by atoms with E-state index in [4.69, 9.17) is 4.74 Å². The molecule has 3 rings (SSSR count). The van der Waals surface area contributed by atoms with Crippen LogP contribution in [0, 0.1) is 25.2 Å². The van der Waals surface area contributed by atoms with Crippen molar-refractivity contribution in [1.82, 2.24) is 19.7 Å². The smallest absolute Gasteiger partial charge is 0.264 e. The van der Waals surface area contributed by atoms with Crippen LogP contribution in [0.4, 0.5) is 0 Å². The van der Waals surface area contributed by atoms with E-state index in [-0.39, 0.29) is 23.4 Å². The topological polar surface area (TPSA) is 90.6 Å². The minimum absolute atomic E-state index is 0.0537. The van der Waals surface area contributed by atoms with Crippen LogP contribution in [0.2, 0.25) is 0 Å². The second kappa shape index (κ2) is 10.1. The average Bonchev–Trinajstić information content (AvgIpc) is 3.50. The highest BCUT2D eigenvalue weighted by Gasteiger charge is 2.27. The van der Waals surface area contributed by atoms with Crippen LogP contribution >= 0.6 is 0 Å². The molecule has 168 valence electrons. The number of aromatic nitrogens is 1. The Morgan fingerprint density at radius 1 is 1.29 bits per heavy atom. The van der Waals surface area contributed by atoms with Gasteiger partial charge in [0.15, 0.2) is 0 Å². The van der Waals surface area contributed by atoms with Gasteiger partial charge in [0.2, 0.25) is 5.91 Å². The molecule has 1 aliphatic heterocycles. The molecule has 0 aromatic carbocycles. The number of carbonyl (C=O) groups is 2. The van der Waals surface area contributed by atoms with Gasteiger partial charge in [-0.05, 0) is 51.3 Å². The zero-order valence-corrected chi connectivity index (χ0v) is 19.0. The average molecular weight is 428 g/mol. The third-order valence-electron chi connectivity index (χ3n) is 5.99.